The number of aromatic nitrogens is 2. The molecule has 3 fully saturated rings. The molecule has 4 N–H and O–H groups in total. The first kappa shape index (κ1) is 54.6. The number of carbonyl (C=O) groups excluding carboxylic acids is 3. The molecular formula is C51H72N6O12S. The number of ether oxygens (including phenoxy) is 6. The number of oxime groups is 1. The number of esters is 2. The molecule has 0 radical (unpaired) electrons. The minimum absolute atomic E-state index is 0.0833. The van der Waals surface area contributed by atoms with Gasteiger partial charge in [0.05, 0.1) is 65.7 Å². The number of nitrogens with two attached hydrogens (primary N) is 1. The molecule has 6 heterocycles. The SMILES string of the molecule is CC[C@H]1OC(=O)[C@H](C)[C@@H](OC(=O)Cc2ccccn2)[C@H](C)[C@@H](O[C@@H]2O[C@H](C)C[C@H](N(C)C)[C@H]2O)[C@@]2(C)C[C@@H](C)C(=NC(C)=O)[C@H](C)[C@@H](OCC(=NOCc3ccc(-c4cccc(N)n4)s3)CO2)[C@]1(C)O. The number of anilines is 1. The average molecular weight is 993 g/mol. The number of cyclic esters (lactones) is 1. The van der Waals surface area contributed by atoms with E-state index >= 15 is 0 Å². The van der Waals surface area contributed by atoms with Gasteiger partial charge in [-0.05, 0) is 103 Å². The number of thiophene rings is 1. The summed E-state index contributed by atoms with van der Waals surface area (Å²) >= 11 is 1.47. The predicted molar refractivity (Wildman–Crippen MR) is 264 cm³/mol. The lowest BCUT2D eigenvalue weighted by Gasteiger charge is -2.49. The van der Waals surface area contributed by atoms with Crippen LogP contribution in [0.1, 0.15) is 92.1 Å². The number of rotatable bonds is 11. The van der Waals surface area contributed by atoms with Crippen LogP contribution in [0.2, 0.25) is 0 Å². The van der Waals surface area contributed by atoms with E-state index in [9.17, 15) is 24.6 Å². The number of nitrogen functional groups attached to an aromatic ring is 1. The lowest BCUT2D eigenvalue weighted by molar-refractivity contribution is -0.302. The second-order valence-corrected chi connectivity index (χ2v) is 20.9. The zero-order valence-electron chi connectivity index (χ0n) is 42.3. The third kappa shape index (κ3) is 13.2. The van der Waals surface area contributed by atoms with Gasteiger partial charge in [-0.3, -0.25) is 19.4 Å². The summed E-state index contributed by atoms with van der Waals surface area (Å²) in [7, 11) is 3.75. The first-order valence-electron chi connectivity index (χ1n) is 24.1. The van der Waals surface area contributed by atoms with Gasteiger partial charge in [0.25, 0.3) is 0 Å². The molecule has 3 aliphatic heterocycles. The average Bonchev–Trinajstić information content (AvgIpc) is 3.78. The lowest BCUT2D eigenvalue weighted by atomic mass is 9.73. The van der Waals surface area contributed by atoms with Crippen molar-refractivity contribution < 1.29 is 57.9 Å². The molecule has 0 saturated carbocycles. The third-order valence-electron chi connectivity index (χ3n) is 13.7. The Kier molecular flexibility index (Phi) is 18.5. The number of carbonyl (C=O) groups is 3. The van der Waals surface area contributed by atoms with Crippen molar-refractivity contribution in [3.63, 3.8) is 0 Å². The molecule has 0 spiro atoms. The minimum atomic E-state index is -1.89. The highest BCUT2D eigenvalue weighted by Crippen LogP contribution is 2.42. The third-order valence-corrected chi connectivity index (χ3v) is 14.8. The Morgan fingerprint density at radius 1 is 1.03 bits per heavy atom. The number of aliphatic hydroxyl groups excluding tert-OH is 1. The van der Waals surface area contributed by atoms with Gasteiger partial charge in [0.1, 0.15) is 35.4 Å². The summed E-state index contributed by atoms with van der Waals surface area (Å²) in [6, 6.07) is 14.1. The molecule has 3 saturated heterocycles. The number of hydrogen-bond acceptors (Lipinski definition) is 18. The van der Waals surface area contributed by atoms with E-state index in [4.69, 9.17) is 39.0 Å². The number of aliphatic imine (C=N–C) groups is 1. The van der Waals surface area contributed by atoms with E-state index in [0.29, 0.717) is 29.4 Å². The van der Waals surface area contributed by atoms with E-state index in [2.05, 4.69) is 20.1 Å². The monoisotopic (exact) mass is 992 g/mol. The molecule has 18 nitrogen and oxygen atoms in total. The zero-order chi connectivity index (χ0) is 51.1. The van der Waals surface area contributed by atoms with Crippen LogP contribution in [0.5, 0.6) is 0 Å². The van der Waals surface area contributed by atoms with Crippen molar-refractivity contribution in [3.05, 3.63) is 65.3 Å². The van der Waals surface area contributed by atoms with E-state index in [1.165, 1.54) is 25.2 Å². The van der Waals surface area contributed by atoms with Crippen LogP contribution in [0.3, 0.4) is 0 Å². The summed E-state index contributed by atoms with van der Waals surface area (Å²) < 4.78 is 39.9. The molecule has 384 valence electrons. The largest absolute Gasteiger partial charge is 0.461 e. The molecular weight excluding hydrogens is 921 g/mol. The van der Waals surface area contributed by atoms with Crippen LogP contribution < -0.4 is 5.73 Å². The van der Waals surface area contributed by atoms with Gasteiger partial charge in [0, 0.05) is 41.6 Å². The Labute approximate surface area is 415 Å². The second-order valence-electron chi connectivity index (χ2n) is 19.7. The molecule has 0 unspecified atom stereocenters. The van der Waals surface area contributed by atoms with Gasteiger partial charge in [-0.15, -0.1) is 11.3 Å². The summed E-state index contributed by atoms with van der Waals surface area (Å²) in [4.78, 5) is 64.8. The minimum Gasteiger partial charge on any atom is -0.461 e. The van der Waals surface area contributed by atoms with Crippen LogP contribution in [-0.2, 0) is 60.7 Å². The van der Waals surface area contributed by atoms with Crippen LogP contribution in [-0.4, -0.2) is 142 Å². The van der Waals surface area contributed by atoms with Crippen LogP contribution >= 0.6 is 11.3 Å². The summed E-state index contributed by atoms with van der Waals surface area (Å²) in [6.45, 7) is 15.2. The fourth-order valence-electron chi connectivity index (χ4n) is 10.2. The molecule has 3 aromatic heterocycles. The maximum Gasteiger partial charge on any atom is 0.312 e. The summed E-state index contributed by atoms with van der Waals surface area (Å²) in [5.74, 6) is -4.83. The number of aliphatic hydroxyl groups is 2. The number of pyridine rings is 2. The standard InChI is InChI=1S/C51H72N6O12S/c1-12-40-51(9,62)47-30(4)43(54-33(7)58)28(2)24-50(8,64-26-35(25-63-47)56-65-27-36-19-20-39(70-36)37-17-15-18-41(52)55-37)46(69-49-44(60)38(57(10)11)22-29(3)66-49)31(5)45(32(6)48(61)67-40)68-42(59)23-34-16-13-14-21-53-34/h13-21,28-32,38,40,44-47,49,60,62H,12,22-27H2,1-11H3,(H2,52,55)/t28-,29-,30+,31+,32-,38+,40-,44-,45+,46-,47-,49+,50-,51-/m1/s1. The first-order chi connectivity index (χ1) is 33.1. The second kappa shape index (κ2) is 23.7. The Balaban J connectivity index is 1.50. The van der Waals surface area contributed by atoms with E-state index in [-0.39, 0.29) is 51.2 Å². The Hall–Kier alpha value is -4.73. The van der Waals surface area contributed by atoms with Gasteiger partial charge in [-0.1, -0.05) is 45.0 Å². The van der Waals surface area contributed by atoms with Gasteiger partial charge >= 0.3 is 11.9 Å². The number of amides is 1. The van der Waals surface area contributed by atoms with E-state index in [1.807, 2.05) is 71.0 Å². The Morgan fingerprint density at radius 3 is 2.46 bits per heavy atom. The number of hydrogen-bond donors (Lipinski definition) is 3. The molecule has 3 aliphatic rings. The molecule has 6 rings (SSSR count). The number of nitrogens with zero attached hydrogens (tertiary/aromatic N) is 5. The highest BCUT2D eigenvalue weighted by atomic mass is 32.1. The van der Waals surface area contributed by atoms with Crippen molar-refractivity contribution in [1.82, 2.24) is 14.9 Å². The molecule has 3 aromatic rings. The van der Waals surface area contributed by atoms with Crippen LogP contribution in [0.25, 0.3) is 10.6 Å². The van der Waals surface area contributed by atoms with Crippen LogP contribution in [0.15, 0.2) is 64.9 Å². The highest BCUT2D eigenvalue weighted by molar-refractivity contribution is 7.15. The first-order valence-corrected chi connectivity index (χ1v) is 24.9. The molecule has 0 aromatic carbocycles. The lowest BCUT2D eigenvalue weighted by Crippen LogP contribution is -2.61. The molecule has 19 heteroatoms. The van der Waals surface area contributed by atoms with Crippen molar-refractivity contribution in [2.75, 3.05) is 33.0 Å². The highest BCUT2D eigenvalue weighted by Gasteiger charge is 2.54. The van der Waals surface area contributed by atoms with Crippen molar-refractivity contribution in [1.29, 1.82) is 0 Å². The predicted octanol–water partition coefficient (Wildman–Crippen LogP) is 5.81. The molecule has 1 amide bonds. The van der Waals surface area contributed by atoms with Crippen molar-refractivity contribution in [3.8, 4) is 10.6 Å². The number of likely N-dealkylation sites (N-methyl/N-ethyl adjacent to an activating group) is 1. The van der Waals surface area contributed by atoms with E-state index in [1.54, 1.807) is 51.2 Å². The smallest absolute Gasteiger partial charge is 0.312 e. The fraction of sp³-hybridized carbons (Fsp3) is 0.627. The summed E-state index contributed by atoms with van der Waals surface area (Å²) in [5, 5.41) is 29.3. The van der Waals surface area contributed by atoms with Gasteiger partial charge in [0.2, 0.25) is 5.91 Å². The van der Waals surface area contributed by atoms with Crippen LogP contribution in [0.4, 0.5) is 5.82 Å². The molecule has 0 aliphatic carbocycles. The van der Waals surface area contributed by atoms with Crippen molar-refractivity contribution in [2.45, 2.75) is 155 Å². The van der Waals surface area contributed by atoms with Crippen molar-refractivity contribution in [2.24, 2.45) is 33.8 Å². The van der Waals surface area contributed by atoms with E-state index < -0.39 is 89.5 Å². The molecule has 14 atom stereocenters. The fourth-order valence-corrected chi connectivity index (χ4v) is 11.1. The maximum absolute atomic E-state index is 14.6. The molecule has 70 heavy (non-hydrogen) atoms. The normalized spacial score (nSPS) is 34.8. The summed E-state index contributed by atoms with van der Waals surface area (Å²) in [5.41, 5.74) is 4.50. The topological polar surface area (TPSA) is 236 Å². The van der Waals surface area contributed by atoms with Gasteiger partial charge in [-0.25, -0.2) is 9.98 Å². The summed E-state index contributed by atoms with van der Waals surface area (Å²) in [6.07, 6.45) is -5.20. The van der Waals surface area contributed by atoms with Crippen LogP contribution in [0, 0.1) is 23.7 Å². The Morgan fingerprint density at radius 2 is 1.79 bits per heavy atom. The quantitative estimate of drug-likeness (QED) is 0.152. The van der Waals surface area contributed by atoms with E-state index in [0.717, 1.165) is 15.4 Å². The van der Waals surface area contributed by atoms with Gasteiger partial charge in [-0.2, -0.15) is 0 Å². The molecule has 2 bridgehead atoms. The number of fused-ring (bicyclic) bond motifs is 5. The zero-order valence-corrected chi connectivity index (χ0v) is 43.1. The maximum atomic E-state index is 14.6. The van der Waals surface area contributed by atoms with Crippen molar-refractivity contribution >= 4 is 46.4 Å². The van der Waals surface area contributed by atoms with Gasteiger partial charge < -0.3 is 54.1 Å². The Bertz CT molecular complexity index is 2310. The van der Waals surface area contributed by atoms with Gasteiger partial charge in [0.15, 0.2) is 12.9 Å².